The molecule has 0 radical (unpaired) electrons. The van der Waals surface area contributed by atoms with Gasteiger partial charge < -0.3 is 15.0 Å². The average Bonchev–Trinajstić information content (AvgIpc) is 3.07. The summed E-state index contributed by atoms with van der Waals surface area (Å²) in [6, 6.07) is 0.220. The topological polar surface area (TPSA) is 70.2 Å². The van der Waals surface area contributed by atoms with Gasteiger partial charge >= 0.3 is 0 Å². The lowest BCUT2D eigenvalue weighted by Gasteiger charge is -2.22. The number of ether oxygens (including phenoxy) is 1. The Hall–Kier alpha value is -1.40. The minimum atomic E-state index is 0.0795. The quantitative estimate of drug-likeness (QED) is 0.787. The molecule has 2 N–H and O–H groups in total. The SMILES string of the molecule is COCCC(=O)N[C@H]1CN(Cc2cnc[nH]2)C[C@@H]1C(C)C. The molecule has 1 fully saturated rings. The van der Waals surface area contributed by atoms with Crippen LogP contribution in [0.2, 0.25) is 0 Å². The van der Waals surface area contributed by atoms with E-state index >= 15 is 0 Å². The molecule has 1 aliphatic rings. The molecule has 1 saturated heterocycles. The summed E-state index contributed by atoms with van der Waals surface area (Å²) in [5.41, 5.74) is 1.11. The monoisotopic (exact) mass is 294 g/mol. The van der Waals surface area contributed by atoms with E-state index in [0.29, 0.717) is 24.9 Å². The normalized spacial score (nSPS) is 22.9. The summed E-state index contributed by atoms with van der Waals surface area (Å²) in [6.45, 7) is 7.67. The second kappa shape index (κ2) is 7.56. The predicted molar refractivity (Wildman–Crippen MR) is 80.6 cm³/mol. The minimum Gasteiger partial charge on any atom is -0.384 e. The molecular formula is C15H26N4O2. The summed E-state index contributed by atoms with van der Waals surface area (Å²) < 4.78 is 4.96. The van der Waals surface area contributed by atoms with Crippen molar-refractivity contribution in [3.63, 3.8) is 0 Å². The highest BCUT2D eigenvalue weighted by Gasteiger charge is 2.35. The zero-order chi connectivity index (χ0) is 15.2. The first-order valence-electron chi connectivity index (χ1n) is 7.58. The number of aromatic amines is 1. The Morgan fingerprint density at radius 1 is 1.57 bits per heavy atom. The van der Waals surface area contributed by atoms with Crippen LogP contribution >= 0.6 is 0 Å². The first-order valence-corrected chi connectivity index (χ1v) is 7.58. The molecule has 0 saturated carbocycles. The molecule has 118 valence electrons. The summed E-state index contributed by atoms with van der Waals surface area (Å²) >= 11 is 0. The van der Waals surface area contributed by atoms with E-state index in [2.05, 4.69) is 34.0 Å². The molecule has 0 aromatic carbocycles. The molecule has 0 unspecified atom stereocenters. The third kappa shape index (κ3) is 4.54. The number of carbonyl (C=O) groups is 1. The number of aromatic nitrogens is 2. The van der Waals surface area contributed by atoms with E-state index in [4.69, 9.17) is 4.74 Å². The van der Waals surface area contributed by atoms with Crippen LogP contribution in [-0.4, -0.2) is 53.6 Å². The highest BCUT2D eigenvalue weighted by atomic mass is 16.5. The van der Waals surface area contributed by atoms with Crippen molar-refractivity contribution in [2.24, 2.45) is 11.8 Å². The van der Waals surface area contributed by atoms with Gasteiger partial charge in [0.25, 0.3) is 0 Å². The van der Waals surface area contributed by atoms with Gasteiger partial charge in [-0.05, 0) is 11.8 Å². The van der Waals surface area contributed by atoms with Crippen LogP contribution in [0.25, 0.3) is 0 Å². The van der Waals surface area contributed by atoms with Gasteiger partial charge in [-0.2, -0.15) is 0 Å². The number of methoxy groups -OCH3 is 1. The summed E-state index contributed by atoms with van der Waals surface area (Å²) in [5.74, 6) is 1.11. The van der Waals surface area contributed by atoms with Crippen LogP contribution in [-0.2, 0) is 16.1 Å². The Morgan fingerprint density at radius 2 is 2.38 bits per heavy atom. The number of imidazole rings is 1. The van der Waals surface area contributed by atoms with Crippen LogP contribution < -0.4 is 5.32 Å². The number of H-pyrrole nitrogens is 1. The number of amides is 1. The lowest BCUT2D eigenvalue weighted by Crippen LogP contribution is -2.42. The number of nitrogens with one attached hydrogen (secondary N) is 2. The van der Waals surface area contributed by atoms with Crippen LogP contribution in [0, 0.1) is 11.8 Å². The molecule has 2 rings (SSSR count). The number of rotatable bonds is 7. The van der Waals surface area contributed by atoms with Crippen molar-refractivity contribution in [1.82, 2.24) is 20.2 Å². The minimum absolute atomic E-state index is 0.0795. The van der Waals surface area contributed by atoms with Crippen molar-refractivity contribution >= 4 is 5.91 Å². The first-order chi connectivity index (χ1) is 10.1. The van der Waals surface area contributed by atoms with Crippen LogP contribution in [0.15, 0.2) is 12.5 Å². The Kier molecular flexibility index (Phi) is 5.76. The van der Waals surface area contributed by atoms with Gasteiger partial charge in [-0.25, -0.2) is 4.98 Å². The fourth-order valence-corrected chi connectivity index (χ4v) is 2.96. The molecule has 1 aliphatic heterocycles. The van der Waals surface area contributed by atoms with E-state index in [0.717, 1.165) is 25.3 Å². The van der Waals surface area contributed by atoms with E-state index in [1.165, 1.54) is 0 Å². The molecular weight excluding hydrogens is 268 g/mol. The third-order valence-electron chi connectivity index (χ3n) is 4.13. The molecule has 0 aliphatic carbocycles. The molecule has 6 nitrogen and oxygen atoms in total. The average molecular weight is 294 g/mol. The third-order valence-corrected chi connectivity index (χ3v) is 4.13. The Labute approximate surface area is 126 Å². The number of carbonyl (C=O) groups excluding carboxylic acids is 1. The van der Waals surface area contributed by atoms with Crippen molar-refractivity contribution in [3.8, 4) is 0 Å². The molecule has 2 atom stereocenters. The largest absolute Gasteiger partial charge is 0.384 e. The molecule has 1 aromatic heterocycles. The van der Waals surface area contributed by atoms with Crippen LogP contribution in [0.5, 0.6) is 0 Å². The van der Waals surface area contributed by atoms with Crippen LogP contribution in [0.1, 0.15) is 26.0 Å². The van der Waals surface area contributed by atoms with Crippen molar-refractivity contribution in [2.45, 2.75) is 32.9 Å². The first kappa shape index (κ1) is 16.0. The highest BCUT2D eigenvalue weighted by Crippen LogP contribution is 2.25. The fourth-order valence-electron chi connectivity index (χ4n) is 2.96. The number of hydrogen-bond donors (Lipinski definition) is 2. The maximum atomic E-state index is 11.9. The molecule has 0 spiro atoms. The van der Waals surface area contributed by atoms with Gasteiger partial charge in [-0.15, -0.1) is 0 Å². The summed E-state index contributed by atoms with van der Waals surface area (Å²) in [5, 5.41) is 3.17. The zero-order valence-corrected chi connectivity index (χ0v) is 13.1. The van der Waals surface area contributed by atoms with Gasteiger partial charge in [0.15, 0.2) is 0 Å². The molecule has 0 bridgehead atoms. The highest BCUT2D eigenvalue weighted by molar-refractivity contribution is 5.76. The lowest BCUT2D eigenvalue weighted by atomic mass is 9.91. The summed E-state index contributed by atoms with van der Waals surface area (Å²) in [6.07, 6.45) is 3.99. The van der Waals surface area contributed by atoms with E-state index in [1.54, 1.807) is 13.4 Å². The van der Waals surface area contributed by atoms with Crippen LogP contribution in [0.4, 0.5) is 0 Å². The number of hydrogen-bond acceptors (Lipinski definition) is 4. The van der Waals surface area contributed by atoms with Gasteiger partial charge in [0, 0.05) is 51.1 Å². The van der Waals surface area contributed by atoms with Gasteiger partial charge in [0.1, 0.15) is 0 Å². The van der Waals surface area contributed by atoms with Gasteiger partial charge in [-0.3, -0.25) is 9.69 Å². The van der Waals surface area contributed by atoms with Gasteiger partial charge in [0.05, 0.1) is 12.9 Å². The Balaban J connectivity index is 1.90. The van der Waals surface area contributed by atoms with Crippen LogP contribution in [0.3, 0.4) is 0 Å². The van der Waals surface area contributed by atoms with Crippen molar-refractivity contribution in [2.75, 3.05) is 26.8 Å². The summed E-state index contributed by atoms with van der Waals surface area (Å²) in [7, 11) is 1.62. The van der Waals surface area contributed by atoms with Crippen molar-refractivity contribution in [3.05, 3.63) is 18.2 Å². The molecule has 1 amide bonds. The number of likely N-dealkylation sites (tertiary alicyclic amines) is 1. The number of nitrogens with zero attached hydrogens (tertiary/aromatic N) is 2. The lowest BCUT2D eigenvalue weighted by molar-refractivity contribution is -0.122. The van der Waals surface area contributed by atoms with Crippen molar-refractivity contribution in [1.29, 1.82) is 0 Å². The van der Waals surface area contributed by atoms with E-state index < -0.39 is 0 Å². The van der Waals surface area contributed by atoms with E-state index in [1.807, 2.05) is 6.20 Å². The molecule has 1 aromatic rings. The fraction of sp³-hybridized carbons (Fsp3) is 0.733. The smallest absolute Gasteiger partial charge is 0.222 e. The molecule has 6 heteroatoms. The second-order valence-corrected chi connectivity index (χ2v) is 6.10. The second-order valence-electron chi connectivity index (χ2n) is 6.10. The maximum Gasteiger partial charge on any atom is 0.222 e. The zero-order valence-electron chi connectivity index (χ0n) is 13.1. The van der Waals surface area contributed by atoms with E-state index in [9.17, 15) is 4.79 Å². The predicted octanol–water partition coefficient (Wildman–Crippen LogP) is 1.02. The van der Waals surface area contributed by atoms with Crippen molar-refractivity contribution < 1.29 is 9.53 Å². The Morgan fingerprint density at radius 3 is 3.00 bits per heavy atom. The molecule has 21 heavy (non-hydrogen) atoms. The van der Waals surface area contributed by atoms with Gasteiger partial charge in [0.2, 0.25) is 5.91 Å². The van der Waals surface area contributed by atoms with Gasteiger partial charge in [-0.1, -0.05) is 13.8 Å². The Bertz CT molecular complexity index is 433. The molecule has 2 heterocycles. The standard InChI is InChI=1S/C15H26N4O2/c1-11(2)13-8-19(7-12-6-16-10-17-12)9-14(13)18-15(20)4-5-21-3/h6,10-11,13-14H,4-5,7-9H2,1-3H3,(H,16,17)(H,18,20)/t13-,14+/m1/s1. The summed E-state index contributed by atoms with van der Waals surface area (Å²) in [4.78, 5) is 21.5. The maximum absolute atomic E-state index is 11.9. The van der Waals surface area contributed by atoms with E-state index in [-0.39, 0.29) is 11.9 Å².